The number of rotatable bonds is 5. The summed E-state index contributed by atoms with van der Waals surface area (Å²) in [6.45, 7) is 5.64. The zero-order valence-electron chi connectivity index (χ0n) is 15.8. The summed E-state index contributed by atoms with van der Waals surface area (Å²) in [7, 11) is 0. The van der Waals surface area contributed by atoms with E-state index in [0.29, 0.717) is 0 Å². The molecule has 0 N–H and O–H groups in total. The van der Waals surface area contributed by atoms with Crippen molar-refractivity contribution in [1.29, 1.82) is 0 Å². The van der Waals surface area contributed by atoms with Gasteiger partial charge in [0.2, 0.25) is 0 Å². The molecule has 3 aromatic rings. The average molecular weight is 379 g/mol. The maximum absolute atomic E-state index is 5.77. The highest BCUT2D eigenvalue weighted by Gasteiger charge is 2.34. The van der Waals surface area contributed by atoms with Crippen molar-refractivity contribution >= 4 is 33.7 Å². The number of nitrogens with zero attached hydrogens (tertiary/aromatic N) is 2. The fourth-order valence-corrected chi connectivity index (χ4v) is 4.20. The van der Waals surface area contributed by atoms with E-state index in [0.717, 1.165) is 40.9 Å². The Morgan fingerprint density at radius 1 is 1.07 bits per heavy atom. The first-order valence-corrected chi connectivity index (χ1v) is 10.6. The normalized spacial score (nSPS) is 16.3. The first-order valence-electron chi connectivity index (χ1n) is 9.83. The van der Waals surface area contributed by atoms with Crippen molar-refractivity contribution in [3.05, 3.63) is 59.1 Å². The van der Waals surface area contributed by atoms with Crippen LogP contribution < -0.4 is 4.74 Å². The number of para-hydroxylation sites is 2. The molecule has 27 heavy (non-hydrogen) atoms. The summed E-state index contributed by atoms with van der Waals surface area (Å²) in [6, 6.07) is 17.3. The largest absolute Gasteiger partial charge is 0.493 e. The van der Waals surface area contributed by atoms with E-state index in [1.165, 1.54) is 30.6 Å². The lowest BCUT2D eigenvalue weighted by Crippen LogP contribution is -2.57. The van der Waals surface area contributed by atoms with Gasteiger partial charge in [0.25, 0.3) is 0 Å². The average Bonchev–Trinajstić information content (AvgIpc) is 3.11. The van der Waals surface area contributed by atoms with Crippen LogP contribution in [0.3, 0.4) is 0 Å². The van der Waals surface area contributed by atoms with E-state index in [1.807, 2.05) is 36.4 Å². The molecule has 3 heterocycles. The van der Waals surface area contributed by atoms with Crippen LogP contribution in [0, 0.1) is 0 Å². The molecule has 0 unspecified atom stereocenters. The summed E-state index contributed by atoms with van der Waals surface area (Å²) < 4.78 is 6.98. The van der Waals surface area contributed by atoms with Crippen LogP contribution in [0.4, 0.5) is 0 Å². The molecule has 0 atom stereocenters. The predicted molar refractivity (Wildman–Crippen MR) is 115 cm³/mol. The van der Waals surface area contributed by atoms with Crippen LogP contribution in [0.25, 0.3) is 22.4 Å². The van der Waals surface area contributed by atoms with Gasteiger partial charge in [0, 0.05) is 11.6 Å². The van der Waals surface area contributed by atoms with Gasteiger partial charge in [-0.3, -0.25) is 0 Å². The van der Waals surface area contributed by atoms with E-state index in [2.05, 4.69) is 41.1 Å². The second-order valence-electron chi connectivity index (χ2n) is 7.01. The van der Waals surface area contributed by atoms with Crippen LogP contribution in [0.5, 0.6) is 5.75 Å². The Balaban J connectivity index is 0.000000250. The number of benzene rings is 2. The Bertz CT molecular complexity index is 866. The van der Waals surface area contributed by atoms with Crippen molar-refractivity contribution in [2.45, 2.75) is 32.2 Å². The molecule has 0 amide bonds. The molecular weight excluding hydrogens is 352 g/mol. The van der Waals surface area contributed by atoms with Gasteiger partial charge in [0.15, 0.2) is 0 Å². The second kappa shape index (κ2) is 8.68. The molecule has 0 bridgehead atoms. The highest BCUT2D eigenvalue weighted by molar-refractivity contribution is 7.19. The minimum Gasteiger partial charge on any atom is -0.493 e. The molecule has 2 fully saturated rings. The third kappa shape index (κ3) is 4.40. The molecule has 3 nitrogen and oxygen atoms in total. The van der Waals surface area contributed by atoms with E-state index >= 15 is 0 Å². The van der Waals surface area contributed by atoms with Crippen LogP contribution in [-0.4, -0.2) is 35.6 Å². The van der Waals surface area contributed by atoms with Crippen molar-refractivity contribution in [3.8, 4) is 5.75 Å². The molecule has 2 aromatic carbocycles. The zero-order chi connectivity index (χ0) is 18.5. The van der Waals surface area contributed by atoms with E-state index in [4.69, 9.17) is 4.74 Å². The topological polar surface area (TPSA) is 25.4 Å². The van der Waals surface area contributed by atoms with Gasteiger partial charge < -0.3 is 9.64 Å². The molecule has 140 valence electrons. The van der Waals surface area contributed by atoms with Crippen molar-refractivity contribution in [3.63, 3.8) is 0 Å². The molecule has 5 rings (SSSR count). The molecule has 2 aliphatic heterocycles. The Morgan fingerprint density at radius 3 is 2.48 bits per heavy atom. The van der Waals surface area contributed by atoms with E-state index in [-0.39, 0.29) is 0 Å². The van der Waals surface area contributed by atoms with Crippen LogP contribution in [-0.2, 0) is 0 Å². The molecule has 1 aromatic heterocycles. The fourth-order valence-electron chi connectivity index (χ4n) is 3.33. The lowest BCUT2D eigenvalue weighted by Gasteiger charge is -2.50. The fraction of sp³-hybridized carbons (Fsp3) is 0.348. The maximum atomic E-state index is 5.77. The minimum absolute atomic E-state index is 0.742. The van der Waals surface area contributed by atoms with E-state index < -0.39 is 0 Å². The number of thiazole rings is 1. The first-order chi connectivity index (χ1) is 13.3. The molecular formula is C23H26N2OS. The maximum Gasteiger partial charge on any atom is 0.126 e. The standard InChI is InChI=1S/C18H17NOS.C5H9N/c1-2-13-20-16-9-5-3-7-14(16)11-12-18-19-15-8-4-6-10-17(15)21-18;1-3-6-4-2-5(1)6/h3-12H,2,13H2,1H3;5H,1-4H2. The van der Waals surface area contributed by atoms with Crippen molar-refractivity contribution in [2.75, 3.05) is 19.7 Å². The summed E-state index contributed by atoms with van der Waals surface area (Å²) in [4.78, 5) is 7.14. The molecule has 0 spiro atoms. The van der Waals surface area contributed by atoms with Crippen molar-refractivity contribution in [1.82, 2.24) is 9.88 Å². The smallest absolute Gasteiger partial charge is 0.126 e. The van der Waals surface area contributed by atoms with E-state index in [9.17, 15) is 0 Å². The van der Waals surface area contributed by atoms with E-state index in [1.54, 1.807) is 11.3 Å². The highest BCUT2D eigenvalue weighted by atomic mass is 32.1. The quantitative estimate of drug-likeness (QED) is 0.568. The Labute approximate surface area is 165 Å². The van der Waals surface area contributed by atoms with Gasteiger partial charge in [-0.15, -0.1) is 11.3 Å². The van der Waals surface area contributed by atoms with Gasteiger partial charge >= 0.3 is 0 Å². The number of aromatic nitrogens is 1. The summed E-state index contributed by atoms with van der Waals surface area (Å²) >= 11 is 1.70. The number of fused-ring (bicyclic) bond motifs is 2. The molecule has 0 aliphatic carbocycles. The van der Waals surface area contributed by atoms with Crippen molar-refractivity contribution in [2.24, 2.45) is 0 Å². The number of hydrogen-bond donors (Lipinski definition) is 0. The lowest BCUT2D eigenvalue weighted by molar-refractivity contribution is -0.00222. The van der Waals surface area contributed by atoms with Crippen LogP contribution in [0.1, 0.15) is 36.8 Å². The second-order valence-corrected chi connectivity index (χ2v) is 8.07. The highest BCUT2D eigenvalue weighted by Crippen LogP contribution is 2.29. The summed E-state index contributed by atoms with van der Waals surface area (Å²) in [5, 5.41) is 1.02. The number of piperidine rings is 1. The van der Waals surface area contributed by atoms with Crippen LogP contribution in [0.2, 0.25) is 0 Å². The summed E-state index contributed by atoms with van der Waals surface area (Å²) in [6.07, 6.45) is 8.11. The zero-order valence-corrected chi connectivity index (χ0v) is 16.6. The Hall–Kier alpha value is -2.17. The Kier molecular flexibility index (Phi) is 5.85. The molecule has 0 saturated carbocycles. The molecule has 2 aliphatic rings. The van der Waals surface area contributed by atoms with Gasteiger partial charge in [-0.2, -0.15) is 0 Å². The third-order valence-electron chi connectivity index (χ3n) is 5.11. The summed E-state index contributed by atoms with van der Waals surface area (Å²) in [5.74, 6) is 0.928. The molecule has 0 radical (unpaired) electrons. The summed E-state index contributed by atoms with van der Waals surface area (Å²) in [5.41, 5.74) is 2.14. The van der Waals surface area contributed by atoms with Crippen LogP contribution in [0.15, 0.2) is 48.5 Å². The monoisotopic (exact) mass is 378 g/mol. The lowest BCUT2D eigenvalue weighted by atomic mass is 9.91. The Morgan fingerprint density at radius 2 is 1.81 bits per heavy atom. The SMILES string of the molecule is C1CN2CCC12.CCCOc1ccccc1C=Cc1nc2ccccc2s1. The van der Waals surface area contributed by atoms with Gasteiger partial charge in [-0.1, -0.05) is 37.3 Å². The number of hydrogen-bond acceptors (Lipinski definition) is 4. The van der Waals surface area contributed by atoms with Gasteiger partial charge in [0.05, 0.1) is 16.8 Å². The molecule has 4 heteroatoms. The van der Waals surface area contributed by atoms with Gasteiger partial charge in [0.1, 0.15) is 10.8 Å². The van der Waals surface area contributed by atoms with Crippen LogP contribution >= 0.6 is 11.3 Å². The minimum atomic E-state index is 0.742. The molecule has 2 saturated heterocycles. The van der Waals surface area contributed by atoms with Gasteiger partial charge in [-0.05, 0) is 62.7 Å². The number of ether oxygens (including phenoxy) is 1. The van der Waals surface area contributed by atoms with Crippen molar-refractivity contribution < 1.29 is 4.74 Å². The first kappa shape index (κ1) is 18.2. The third-order valence-corrected chi connectivity index (χ3v) is 6.11. The predicted octanol–water partition coefficient (Wildman–Crippen LogP) is 5.72. The van der Waals surface area contributed by atoms with Gasteiger partial charge in [-0.25, -0.2) is 4.98 Å².